The Balaban J connectivity index is 2.87. The predicted molar refractivity (Wildman–Crippen MR) is 60.9 cm³/mol. The third-order valence-corrected chi connectivity index (χ3v) is 2.42. The van der Waals surface area contributed by atoms with Crippen molar-refractivity contribution in [2.75, 3.05) is 6.61 Å². The van der Waals surface area contributed by atoms with Crippen LogP contribution in [-0.2, 0) is 22.1 Å². The topological polar surface area (TPSA) is 50.1 Å². The van der Waals surface area contributed by atoms with Gasteiger partial charge in [-0.25, -0.2) is 0 Å². The van der Waals surface area contributed by atoms with Gasteiger partial charge in [0.05, 0.1) is 18.2 Å². The Labute approximate surface area is 108 Å². The van der Waals surface area contributed by atoms with Crippen molar-refractivity contribution in [1.29, 1.82) is 5.26 Å². The minimum Gasteiger partial charge on any atom is -0.465 e. The van der Waals surface area contributed by atoms with Crippen LogP contribution in [0.5, 0.6) is 0 Å². The van der Waals surface area contributed by atoms with Crippen molar-refractivity contribution in [2.45, 2.75) is 19.5 Å². The lowest BCUT2D eigenvalue weighted by molar-refractivity contribution is -0.145. The van der Waals surface area contributed by atoms with Crippen LogP contribution in [0.25, 0.3) is 0 Å². The Hall–Kier alpha value is -2.03. The van der Waals surface area contributed by atoms with Crippen molar-refractivity contribution in [3.8, 4) is 6.07 Å². The van der Waals surface area contributed by atoms with Crippen LogP contribution in [0.2, 0.25) is 0 Å². The van der Waals surface area contributed by atoms with Gasteiger partial charge in [0.2, 0.25) is 0 Å². The summed E-state index contributed by atoms with van der Waals surface area (Å²) >= 11 is 0. The maximum absolute atomic E-state index is 12.5. The molecule has 0 amide bonds. The SMILES string of the molecule is CCOC(=O)C(C#N)Cc1cccc(C(F)(F)F)c1. The standard InChI is InChI=1S/C13H12F3NO2/c1-2-19-12(18)10(8-17)6-9-4-3-5-11(7-9)13(14,15)16/h3-5,7,10H,2,6H2,1H3. The lowest BCUT2D eigenvalue weighted by atomic mass is 9.99. The van der Waals surface area contributed by atoms with Gasteiger partial charge in [-0.3, -0.25) is 4.79 Å². The highest BCUT2D eigenvalue weighted by atomic mass is 19.4. The summed E-state index contributed by atoms with van der Waals surface area (Å²) in [4.78, 5) is 11.4. The summed E-state index contributed by atoms with van der Waals surface area (Å²) in [5.74, 6) is -1.81. The first-order chi connectivity index (χ1) is 8.88. The molecular formula is C13H12F3NO2. The summed E-state index contributed by atoms with van der Waals surface area (Å²) < 4.78 is 42.2. The first-order valence-electron chi connectivity index (χ1n) is 5.61. The van der Waals surface area contributed by atoms with Gasteiger partial charge < -0.3 is 4.74 Å². The monoisotopic (exact) mass is 271 g/mol. The van der Waals surface area contributed by atoms with E-state index in [1.165, 1.54) is 12.1 Å². The highest BCUT2D eigenvalue weighted by Gasteiger charge is 2.30. The Kier molecular flexibility index (Phi) is 4.93. The molecule has 0 aromatic heterocycles. The molecule has 6 heteroatoms. The molecule has 0 aliphatic carbocycles. The van der Waals surface area contributed by atoms with Gasteiger partial charge in [0.15, 0.2) is 0 Å². The van der Waals surface area contributed by atoms with E-state index in [4.69, 9.17) is 5.26 Å². The molecule has 0 spiro atoms. The molecule has 19 heavy (non-hydrogen) atoms. The fourth-order valence-electron chi connectivity index (χ4n) is 1.53. The molecule has 1 unspecified atom stereocenters. The van der Waals surface area contributed by atoms with Gasteiger partial charge in [-0.05, 0) is 25.0 Å². The molecule has 102 valence electrons. The smallest absolute Gasteiger partial charge is 0.416 e. The molecule has 0 fully saturated rings. The lowest BCUT2D eigenvalue weighted by Crippen LogP contribution is -2.18. The first kappa shape index (κ1) is 15.0. The van der Waals surface area contributed by atoms with E-state index in [0.717, 1.165) is 12.1 Å². The third kappa shape index (κ3) is 4.28. The largest absolute Gasteiger partial charge is 0.465 e. The molecule has 0 heterocycles. The molecule has 3 nitrogen and oxygen atoms in total. The quantitative estimate of drug-likeness (QED) is 0.791. The number of nitrogens with zero attached hydrogens (tertiary/aromatic N) is 1. The zero-order valence-electron chi connectivity index (χ0n) is 10.2. The molecular weight excluding hydrogens is 259 g/mol. The van der Waals surface area contributed by atoms with E-state index in [1.54, 1.807) is 13.0 Å². The molecule has 0 aliphatic heterocycles. The van der Waals surface area contributed by atoms with Crippen LogP contribution in [0.15, 0.2) is 24.3 Å². The van der Waals surface area contributed by atoms with E-state index in [9.17, 15) is 18.0 Å². The number of rotatable bonds is 4. The van der Waals surface area contributed by atoms with Gasteiger partial charge in [-0.2, -0.15) is 18.4 Å². The normalized spacial score (nSPS) is 12.6. The van der Waals surface area contributed by atoms with Crippen LogP contribution < -0.4 is 0 Å². The Morgan fingerprint density at radius 3 is 2.68 bits per heavy atom. The molecule has 1 aromatic rings. The number of esters is 1. The van der Waals surface area contributed by atoms with E-state index >= 15 is 0 Å². The molecule has 0 saturated heterocycles. The van der Waals surface area contributed by atoms with Crippen LogP contribution in [0.1, 0.15) is 18.1 Å². The van der Waals surface area contributed by atoms with Crippen LogP contribution in [0, 0.1) is 17.2 Å². The fraction of sp³-hybridized carbons (Fsp3) is 0.385. The van der Waals surface area contributed by atoms with E-state index in [0.29, 0.717) is 0 Å². The van der Waals surface area contributed by atoms with Crippen LogP contribution in [-0.4, -0.2) is 12.6 Å². The summed E-state index contributed by atoms with van der Waals surface area (Å²) in [5, 5.41) is 8.84. The van der Waals surface area contributed by atoms with Gasteiger partial charge in [0.25, 0.3) is 0 Å². The van der Waals surface area contributed by atoms with E-state index in [2.05, 4.69) is 4.74 Å². The average molecular weight is 271 g/mol. The van der Waals surface area contributed by atoms with Gasteiger partial charge in [0.1, 0.15) is 5.92 Å². The third-order valence-electron chi connectivity index (χ3n) is 2.42. The van der Waals surface area contributed by atoms with Gasteiger partial charge in [-0.15, -0.1) is 0 Å². The molecule has 0 radical (unpaired) electrons. The molecule has 0 N–H and O–H groups in total. The van der Waals surface area contributed by atoms with E-state index < -0.39 is 23.6 Å². The summed E-state index contributed by atoms with van der Waals surface area (Å²) in [5.41, 5.74) is -0.528. The molecule has 1 aromatic carbocycles. The summed E-state index contributed by atoms with van der Waals surface area (Å²) in [6.07, 6.45) is -4.54. The molecule has 0 aliphatic rings. The minimum absolute atomic E-state index is 0.0980. The van der Waals surface area contributed by atoms with Gasteiger partial charge >= 0.3 is 12.1 Å². The summed E-state index contributed by atoms with van der Waals surface area (Å²) in [7, 11) is 0. The number of halogens is 3. The minimum atomic E-state index is -4.44. The Morgan fingerprint density at radius 2 is 2.16 bits per heavy atom. The first-order valence-corrected chi connectivity index (χ1v) is 5.61. The van der Waals surface area contributed by atoms with E-state index in [-0.39, 0.29) is 18.6 Å². The number of hydrogen-bond donors (Lipinski definition) is 0. The second-order valence-electron chi connectivity index (χ2n) is 3.84. The van der Waals surface area contributed by atoms with Gasteiger partial charge in [0, 0.05) is 0 Å². The zero-order chi connectivity index (χ0) is 14.5. The van der Waals surface area contributed by atoms with Crippen molar-refractivity contribution in [3.05, 3.63) is 35.4 Å². The number of alkyl halides is 3. The average Bonchev–Trinajstić information content (AvgIpc) is 2.35. The predicted octanol–water partition coefficient (Wildman–Crippen LogP) is 2.95. The maximum Gasteiger partial charge on any atom is 0.416 e. The molecule has 0 bridgehead atoms. The summed E-state index contributed by atoms with van der Waals surface area (Å²) in [6.45, 7) is 1.72. The van der Waals surface area contributed by atoms with Crippen molar-refractivity contribution in [2.24, 2.45) is 5.92 Å². The number of benzene rings is 1. The highest BCUT2D eigenvalue weighted by molar-refractivity contribution is 5.75. The van der Waals surface area contributed by atoms with E-state index in [1.807, 2.05) is 0 Å². The van der Waals surface area contributed by atoms with Crippen molar-refractivity contribution >= 4 is 5.97 Å². The van der Waals surface area contributed by atoms with Crippen LogP contribution in [0.3, 0.4) is 0 Å². The molecule has 0 saturated carbocycles. The van der Waals surface area contributed by atoms with Crippen molar-refractivity contribution in [1.82, 2.24) is 0 Å². The zero-order valence-corrected chi connectivity index (χ0v) is 10.2. The second-order valence-corrected chi connectivity index (χ2v) is 3.84. The number of nitriles is 1. The number of ether oxygens (including phenoxy) is 1. The maximum atomic E-state index is 12.5. The van der Waals surface area contributed by atoms with Gasteiger partial charge in [-0.1, -0.05) is 18.2 Å². The number of carbonyl (C=O) groups is 1. The highest BCUT2D eigenvalue weighted by Crippen LogP contribution is 2.30. The molecule has 1 atom stereocenters. The van der Waals surface area contributed by atoms with Crippen molar-refractivity contribution < 1.29 is 22.7 Å². The number of hydrogen-bond acceptors (Lipinski definition) is 3. The van der Waals surface area contributed by atoms with Crippen LogP contribution >= 0.6 is 0 Å². The lowest BCUT2D eigenvalue weighted by Gasteiger charge is -2.11. The Bertz CT molecular complexity index is 491. The Morgan fingerprint density at radius 1 is 1.47 bits per heavy atom. The number of carbonyl (C=O) groups excluding carboxylic acids is 1. The van der Waals surface area contributed by atoms with Crippen LogP contribution in [0.4, 0.5) is 13.2 Å². The van der Waals surface area contributed by atoms with Crippen molar-refractivity contribution in [3.63, 3.8) is 0 Å². The molecule has 1 rings (SSSR count). The fourth-order valence-corrected chi connectivity index (χ4v) is 1.53. The second kappa shape index (κ2) is 6.23. The summed E-state index contributed by atoms with van der Waals surface area (Å²) in [6, 6.07) is 6.30.